The van der Waals surface area contributed by atoms with E-state index in [0.29, 0.717) is 11.3 Å². The summed E-state index contributed by atoms with van der Waals surface area (Å²) in [6.45, 7) is 5.68. The fourth-order valence-electron chi connectivity index (χ4n) is 2.99. The quantitative estimate of drug-likeness (QED) is 0.752. The highest BCUT2D eigenvalue weighted by Gasteiger charge is 2.31. The number of hydrogen-bond acceptors (Lipinski definition) is 6. The van der Waals surface area contributed by atoms with Gasteiger partial charge in [-0.2, -0.15) is 4.98 Å². The molecule has 106 valence electrons. The summed E-state index contributed by atoms with van der Waals surface area (Å²) < 4.78 is 5.59. The molecular weight excluding hydrogens is 296 g/mol. The molecule has 0 bridgehead atoms. The number of hydrogen-bond donors (Lipinski definition) is 0. The number of thiophene rings is 1. The topological polar surface area (TPSA) is 41.5 Å². The first-order valence-electron chi connectivity index (χ1n) is 6.79. The van der Waals surface area contributed by atoms with Gasteiger partial charge in [0.25, 0.3) is 0 Å². The Balaban J connectivity index is 1.67. The first-order valence-corrected chi connectivity index (χ1v) is 8.04. The van der Waals surface area contributed by atoms with Crippen LogP contribution in [0.25, 0.3) is 10.2 Å². The van der Waals surface area contributed by atoms with Gasteiger partial charge in [0.1, 0.15) is 10.6 Å². The van der Waals surface area contributed by atoms with Crippen LogP contribution in [0, 0.1) is 0 Å². The van der Waals surface area contributed by atoms with Crippen molar-refractivity contribution >= 4 is 39.0 Å². The van der Waals surface area contributed by atoms with Crippen LogP contribution in [-0.4, -0.2) is 60.3 Å². The van der Waals surface area contributed by atoms with Gasteiger partial charge in [0, 0.05) is 26.2 Å². The van der Waals surface area contributed by atoms with E-state index in [4.69, 9.17) is 16.3 Å². The second-order valence-corrected chi connectivity index (χ2v) is 6.40. The molecule has 2 aromatic rings. The number of aromatic nitrogens is 2. The molecule has 0 spiro atoms. The molecule has 0 aliphatic carbocycles. The van der Waals surface area contributed by atoms with Crippen LogP contribution in [0.1, 0.15) is 0 Å². The Morgan fingerprint density at radius 2 is 2.25 bits per heavy atom. The summed E-state index contributed by atoms with van der Waals surface area (Å²) in [5.74, 6) is 0.964. The number of fused-ring (bicyclic) bond motifs is 2. The summed E-state index contributed by atoms with van der Waals surface area (Å²) in [6.07, 6.45) is 0. The van der Waals surface area contributed by atoms with Gasteiger partial charge in [0.05, 0.1) is 24.6 Å². The maximum Gasteiger partial charge on any atom is 0.225 e. The first kappa shape index (κ1) is 12.8. The van der Waals surface area contributed by atoms with Crippen molar-refractivity contribution in [2.45, 2.75) is 6.04 Å². The van der Waals surface area contributed by atoms with Crippen molar-refractivity contribution in [3.8, 4) is 0 Å². The van der Waals surface area contributed by atoms with Gasteiger partial charge >= 0.3 is 0 Å². The normalized spacial score (nSPS) is 24.1. The molecule has 0 saturated carbocycles. The molecule has 7 heteroatoms. The molecule has 2 aliphatic heterocycles. The van der Waals surface area contributed by atoms with E-state index in [1.54, 1.807) is 11.3 Å². The van der Waals surface area contributed by atoms with Crippen molar-refractivity contribution in [2.24, 2.45) is 0 Å². The van der Waals surface area contributed by atoms with Gasteiger partial charge in [-0.25, -0.2) is 4.98 Å². The lowest BCUT2D eigenvalue weighted by molar-refractivity contribution is -0.0117. The third kappa shape index (κ3) is 2.16. The highest BCUT2D eigenvalue weighted by atomic mass is 35.5. The van der Waals surface area contributed by atoms with E-state index in [1.807, 2.05) is 5.38 Å². The van der Waals surface area contributed by atoms with Crippen LogP contribution in [-0.2, 0) is 4.74 Å². The van der Waals surface area contributed by atoms with Crippen molar-refractivity contribution in [3.05, 3.63) is 16.7 Å². The van der Waals surface area contributed by atoms with E-state index in [-0.39, 0.29) is 0 Å². The number of ether oxygens (including phenoxy) is 1. The number of piperazine rings is 1. The summed E-state index contributed by atoms with van der Waals surface area (Å²) in [5, 5.41) is 3.47. The van der Waals surface area contributed by atoms with Gasteiger partial charge in [-0.05, 0) is 23.0 Å². The average molecular weight is 311 g/mol. The Hall–Kier alpha value is -0.950. The van der Waals surface area contributed by atoms with E-state index in [0.717, 1.165) is 55.4 Å². The smallest absolute Gasteiger partial charge is 0.225 e. The number of halogens is 1. The van der Waals surface area contributed by atoms with Gasteiger partial charge in [0.2, 0.25) is 5.28 Å². The highest BCUT2D eigenvalue weighted by molar-refractivity contribution is 7.16. The summed E-state index contributed by atoms with van der Waals surface area (Å²) in [4.78, 5) is 14.5. The van der Waals surface area contributed by atoms with Crippen LogP contribution in [0.4, 0.5) is 5.82 Å². The maximum atomic E-state index is 6.06. The minimum absolute atomic E-state index is 0.331. The largest absolute Gasteiger partial charge is 0.378 e. The number of nitrogens with zero attached hydrogens (tertiary/aromatic N) is 4. The van der Waals surface area contributed by atoms with E-state index in [9.17, 15) is 0 Å². The van der Waals surface area contributed by atoms with E-state index in [2.05, 4.69) is 25.8 Å². The summed E-state index contributed by atoms with van der Waals surface area (Å²) in [7, 11) is 0. The zero-order valence-corrected chi connectivity index (χ0v) is 12.5. The Bertz CT molecular complexity index is 634. The van der Waals surface area contributed by atoms with Crippen LogP contribution in [0.15, 0.2) is 11.4 Å². The van der Waals surface area contributed by atoms with E-state index < -0.39 is 0 Å². The Kier molecular flexibility index (Phi) is 3.26. The molecule has 20 heavy (non-hydrogen) atoms. The molecule has 2 saturated heterocycles. The molecule has 2 aromatic heterocycles. The molecule has 4 rings (SSSR count). The van der Waals surface area contributed by atoms with Crippen molar-refractivity contribution < 1.29 is 4.74 Å². The number of anilines is 1. The lowest BCUT2D eigenvalue weighted by Crippen LogP contribution is -2.58. The molecule has 0 radical (unpaired) electrons. The number of rotatable bonds is 1. The molecule has 0 amide bonds. The molecule has 1 unspecified atom stereocenters. The van der Waals surface area contributed by atoms with Crippen LogP contribution in [0.3, 0.4) is 0 Å². The lowest BCUT2D eigenvalue weighted by Gasteiger charge is -2.44. The van der Waals surface area contributed by atoms with Crippen molar-refractivity contribution in [2.75, 3.05) is 44.3 Å². The minimum atomic E-state index is 0.331. The van der Waals surface area contributed by atoms with Crippen LogP contribution in [0.2, 0.25) is 5.28 Å². The molecule has 0 N–H and O–H groups in total. The SMILES string of the molecule is Clc1nc(N2CCN3CCOCC3C2)c2ccsc2n1. The van der Waals surface area contributed by atoms with Crippen LogP contribution >= 0.6 is 22.9 Å². The molecule has 2 aliphatic rings. The fourth-order valence-corrected chi connectivity index (χ4v) is 3.97. The molecule has 4 heterocycles. The minimum Gasteiger partial charge on any atom is -0.378 e. The predicted molar refractivity (Wildman–Crippen MR) is 80.8 cm³/mol. The first-order chi connectivity index (χ1) is 9.81. The van der Waals surface area contributed by atoms with Gasteiger partial charge in [0.15, 0.2) is 0 Å². The summed E-state index contributed by atoms with van der Waals surface area (Å²) >= 11 is 7.67. The van der Waals surface area contributed by atoms with E-state index in [1.165, 1.54) is 0 Å². The van der Waals surface area contributed by atoms with Gasteiger partial charge in [-0.3, -0.25) is 4.90 Å². The fraction of sp³-hybridized carbons (Fsp3) is 0.538. The molecule has 2 fully saturated rings. The highest BCUT2D eigenvalue weighted by Crippen LogP contribution is 2.30. The van der Waals surface area contributed by atoms with Crippen molar-refractivity contribution in [3.63, 3.8) is 0 Å². The third-order valence-electron chi connectivity index (χ3n) is 4.01. The maximum absolute atomic E-state index is 6.06. The summed E-state index contributed by atoms with van der Waals surface area (Å²) in [5.41, 5.74) is 0. The lowest BCUT2D eigenvalue weighted by atomic mass is 10.1. The zero-order chi connectivity index (χ0) is 13.5. The van der Waals surface area contributed by atoms with Crippen molar-refractivity contribution in [1.29, 1.82) is 0 Å². The molecular formula is C13H15ClN4OS. The average Bonchev–Trinajstić information content (AvgIpc) is 2.94. The van der Waals surface area contributed by atoms with E-state index >= 15 is 0 Å². The standard InChI is InChI=1S/C13H15ClN4OS/c14-13-15-11(10-1-6-20-12(10)16-13)18-3-2-17-4-5-19-8-9(17)7-18/h1,6,9H,2-5,7-8H2. The Morgan fingerprint density at radius 3 is 3.20 bits per heavy atom. The van der Waals surface area contributed by atoms with Gasteiger partial charge in [-0.1, -0.05) is 0 Å². The second kappa shape index (κ2) is 5.11. The van der Waals surface area contributed by atoms with Crippen molar-refractivity contribution in [1.82, 2.24) is 14.9 Å². The van der Waals surface area contributed by atoms with Gasteiger partial charge in [-0.15, -0.1) is 11.3 Å². The van der Waals surface area contributed by atoms with Crippen LogP contribution in [0.5, 0.6) is 0 Å². The Morgan fingerprint density at radius 1 is 1.30 bits per heavy atom. The monoisotopic (exact) mass is 310 g/mol. The Labute approximate surface area is 126 Å². The van der Waals surface area contributed by atoms with Crippen LogP contribution < -0.4 is 4.90 Å². The molecule has 1 atom stereocenters. The third-order valence-corrected chi connectivity index (χ3v) is 4.99. The summed E-state index contributed by atoms with van der Waals surface area (Å²) in [6, 6.07) is 2.54. The van der Waals surface area contributed by atoms with Gasteiger partial charge < -0.3 is 9.64 Å². The predicted octanol–water partition coefficient (Wildman–Crippen LogP) is 1.87. The second-order valence-electron chi connectivity index (χ2n) is 5.17. The zero-order valence-electron chi connectivity index (χ0n) is 11.0. The molecule has 0 aromatic carbocycles. The molecule has 5 nitrogen and oxygen atoms in total. The number of morpholine rings is 1.